The third-order valence-electron chi connectivity index (χ3n) is 6.29. The number of aliphatic hydroxyl groups excluding tert-OH is 1. The average molecular weight is 343 g/mol. The monoisotopic (exact) mass is 343 g/mol. The van der Waals surface area contributed by atoms with E-state index >= 15 is 0 Å². The van der Waals surface area contributed by atoms with Gasteiger partial charge in [-0.3, -0.25) is 15.6 Å². The Labute approximate surface area is 149 Å². The van der Waals surface area contributed by atoms with Gasteiger partial charge in [0.1, 0.15) is 0 Å². The van der Waals surface area contributed by atoms with Crippen molar-refractivity contribution in [1.82, 2.24) is 16.2 Å². The van der Waals surface area contributed by atoms with Crippen LogP contribution in [0.25, 0.3) is 0 Å². The van der Waals surface area contributed by atoms with Gasteiger partial charge in [-0.2, -0.15) is 0 Å². The van der Waals surface area contributed by atoms with Crippen LogP contribution in [0.1, 0.15) is 56.6 Å². The standard InChI is InChI=1S/C20H29N3O2/c24-15-10-14(11-15)20(13-6-2-1-3-7-13)21-19(25)12-18-16-8-4-5-9-17(16)22-23-18/h1-3,6-7,14-18,20,22-24H,4-5,8-12H2,(H,21,25). The zero-order chi connectivity index (χ0) is 17.2. The van der Waals surface area contributed by atoms with Gasteiger partial charge in [0, 0.05) is 18.5 Å². The van der Waals surface area contributed by atoms with Gasteiger partial charge >= 0.3 is 0 Å². The SMILES string of the molecule is O=C(CC1NNC2CCCCC21)NC(c1ccccc1)C1CC(O)C1. The van der Waals surface area contributed by atoms with Crippen LogP contribution in [0.3, 0.4) is 0 Å². The minimum atomic E-state index is -0.211. The van der Waals surface area contributed by atoms with Gasteiger partial charge in [0.2, 0.25) is 5.91 Å². The van der Waals surface area contributed by atoms with Gasteiger partial charge in [-0.15, -0.1) is 0 Å². The van der Waals surface area contributed by atoms with Crippen molar-refractivity contribution in [2.45, 2.75) is 69.2 Å². The summed E-state index contributed by atoms with van der Waals surface area (Å²) in [5, 5.41) is 12.9. The fraction of sp³-hybridized carbons (Fsp3) is 0.650. The molecule has 2 saturated carbocycles. The van der Waals surface area contributed by atoms with E-state index in [4.69, 9.17) is 0 Å². The van der Waals surface area contributed by atoms with Crippen molar-refractivity contribution in [2.24, 2.45) is 11.8 Å². The van der Waals surface area contributed by atoms with Crippen LogP contribution in [0.15, 0.2) is 30.3 Å². The summed E-state index contributed by atoms with van der Waals surface area (Å²) in [6, 6.07) is 10.9. The Morgan fingerprint density at radius 2 is 1.92 bits per heavy atom. The highest BCUT2D eigenvalue weighted by Gasteiger charge is 2.39. The molecule has 25 heavy (non-hydrogen) atoms. The second kappa shape index (κ2) is 7.44. The van der Waals surface area contributed by atoms with Crippen LogP contribution in [0.4, 0.5) is 0 Å². The largest absolute Gasteiger partial charge is 0.393 e. The number of hydrazine groups is 1. The smallest absolute Gasteiger partial charge is 0.222 e. The van der Waals surface area contributed by atoms with Crippen LogP contribution in [-0.2, 0) is 4.79 Å². The van der Waals surface area contributed by atoms with Crippen molar-refractivity contribution in [2.75, 3.05) is 0 Å². The molecule has 4 atom stereocenters. The van der Waals surface area contributed by atoms with Crippen molar-refractivity contribution in [3.63, 3.8) is 0 Å². The molecule has 3 fully saturated rings. The molecule has 1 amide bonds. The van der Waals surface area contributed by atoms with Crippen LogP contribution in [-0.4, -0.2) is 29.2 Å². The third-order valence-corrected chi connectivity index (χ3v) is 6.29. The maximum absolute atomic E-state index is 12.7. The molecule has 3 aliphatic rings. The molecule has 0 spiro atoms. The van der Waals surface area contributed by atoms with Crippen molar-refractivity contribution >= 4 is 5.91 Å². The van der Waals surface area contributed by atoms with Crippen LogP contribution in [0.2, 0.25) is 0 Å². The summed E-state index contributed by atoms with van der Waals surface area (Å²) in [5.41, 5.74) is 7.88. The lowest BCUT2D eigenvalue weighted by molar-refractivity contribution is -0.123. The number of benzene rings is 1. The van der Waals surface area contributed by atoms with Crippen molar-refractivity contribution < 1.29 is 9.90 Å². The highest BCUT2D eigenvalue weighted by molar-refractivity contribution is 5.77. The molecule has 1 aromatic carbocycles. The van der Waals surface area contributed by atoms with E-state index in [9.17, 15) is 9.90 Å². The molecule has 1 aliphatic heterocycles. The van der Waals surface area contributed by atoms with Crippen molar-refractivity contribution in [3.8, 4) is 0 Å². The van der Waals surface area contributed by atoms with Gasteiger partial charge in [0.05, 0.1) is 12.1 Å². The van der Waals surface area contributed by atoms with Crippen LogP contribution in [0.5, 0.6) is 0 Å². The third kappa shape index (κ3) is 3.73. The van der Waals surface area contributed by atoms with Crippen molar-refractivity contribution in [3.05, 3.63) is 35.9 Å². The molecule has 0 radical (unpaired) electrons. The molecule has 1 heterocycles. The summed E-state index contributed by atoms with van der Waals surface area (Å²) in [7, 11) is 0. The predicted molar refractivity (Wildman–Crippen MR) is 96.5 cm³/mol. The molecule has 1 aromatic rings. The fourth-order valence-corrected chi connectivity index (χ4v) is 4.81. The number of nitrogens with one attached hydrogen (secondary N) is 3. The molecular formula is C20H29N3O2. The first-order chi connectivity index (χ1) is 12.2. The number of carbonyl (C=O) groups excluding carboxylic acids is 1. The molecule has 136 valence electrons. The molecule has 5 nitrogen and oxygen atoms in total. The predicted octanol–water partition coefficient (Wildman–Crippen LogP) is 2.04. The number of hydrogen-bond acceptors (Lipinski definition) is 4. The second-order valence-electron chi connectivity index (χ2n) is 8.00. The van der Waals surface area contributed by atoms with Gasteiger partial charge in [-0.25, -0.2) is 0 Å². The minimum absolute atomic E-state index is 0.00798. The van der Waals surface area contributed by atoms with E-state index < -0.39 is 0 Å². The van der Waals surface area contributed by atoms with Gasteiger partial charge in [0.25, 0.3) is 0 Å². The maximum Gasteiger partial charge on any atom is 0.222 e. The molecule has 4 unspecified atom stereocenters. The Hall–Kier alpha value is -1.43. The summed E-state index contributed by atoms with van der Waals surface area (Å²) in [6.07, 6.45) is 6.83. The quantitative estimate of drug-likeness (QED) is 0.660. The number of fused-ring (bicyclic) bond motifs is 1. The first-order valence-electron chi connectivity index (χ1n) is 9.74. The van der Waals surface area contributed by atoms with E-state index in [1.165, 1.54) is 25.7 Å². The Morgan fingerprint density at radius 3 is 2.68 bits per heavy atom. The summed E-state index contributed by atoms with van der Waals surface area (Å²) in [4.78, 5) is 12.7. The van der Waals surface area contributed by atoms with Crippen LogP contribution in [0, 0.1) is 11.8 Å². The minimum Gasteiger partial charge on any atom is -0.393 e. The first kappa shape index (κ1) is 17.0. The van der Waals surface area contributed by atoms with Crippen LogP contribution < -0.4 is 16.2 Å². The molecule has 0 aromatic heterocycles. The van der Waals surface area contributed by atoms with E-state index in [-0.39, 0.29) is 24.1 Å². The lowest BCUT2D eigenvalue weighted by Crippen LogP contribution is -2.43. The van der Waals surface area contributed by atoms with E-state index in [0.717, 1.165) is 18.4 Å². The summed E-state index contributed by atoms with van der Waals surface area (Å²) >= 11 is 0. The summed E-state index contributed by atoms with van der Waals surface area (Å²) < 4.78 is 0. The second-order valence-corrected chi connectivity index (χ2v) is 8.00. The van der Waals surface area contributed by atoms with Gasteiger partial charge in [-0.1, -0.05) is 43.2 Å². The van der Waals surface area contributed by atoms with E-state index in [2.05, 4.69) is 28.3 Å². The molecule has 5 heteroatoms. The zero-order valence-electron chi connectivity index (χ0n) is 14.7. The highest BCUT2D eigenvalue weighted by atomic mass is 16.3. The highest BCUT2D eigenvalue weighted by Crippen LogP contribution is 2.38. The zero-order valence-corrected chi connectivity index (χ0v) is 14.7. The average Bonchev–Trinajstić information content (AvgIpc) is 3.01. The number of amides is 1. The normalized spacial score (nSPS) is 35.5. The Morgan fingerprint density at radius 1 is 1.16 bits per heavy atom. The lowest BCUT2D eigenvalue weighted by atomic mass is 9.75. The molecular weight excluding hydrogens is 314 g/mol. The topological polar surface area (TPSA) is 73.4 Å². The molecule has 0 bridgehead atoms. The first-order valence-corrected chi connectivity index (χ1v) is 9.74. The Kier molecular flexibility index (Phi) is 5.06. The number of carbonyl (C=O) groups is 1. The fourth-order valence-electron chi connectivity index (χ4n) is 4.81. The van der Waals surface area contributed by atoms with Gasteiger partial charge in [0.15, 0.2) is 0 Å². The van der Waals surface area contributed by atoms with E-state index in [1.54, 1.807) is 0 Å². The molecule has 4 N–H and O–H groups in total. The lowest BCUT2D eigenvalue weighted by Gasteiger charge is -2.38. The van der Waals surface area contributed by atoms with E-state index in [1.807, 2.05) is 18.2 Å². The van der Waals surface area contributed by atoms with Gasteiger partial charge in [-0.05, 0) is 43.1 Å². The Bertz CT molecular complexity index is 588. The van der Waals surface area contributed by atoms with Gasteiger partial charge < -0.3 is 10.4 Å². The van der Waals surface area contributed by atoms with E-state index in [0.29, 0.717) is 24.3 Å². The molecule has 4 rings (SSSR count). The van der Waals surface area contributed by atoms with Crippen LogP contribution >= 0.6 is 0 Å². The molecule has 2 aliphatic carbocycles. The Balaban J connectivity index is 1.39. The number of rotatable bonds is 5. The molecule has 1 saturated heterocycles. The number of hydrogen-bond donors (Lipinski definition) is 4. The summed E-state index contributed by atoms with van der Waals surface area (Å²) in [6.45, 7) is 0. The van der Waals surface area contributed by atoms with Crippen molar-refractivity contribution in [1.29, 1.82) is 0 Å². The number of aliphatic hydroxyl groups is 1. The maximum atomic E-state index is 12.7. The summed E-state index contributed by atoms with van der Waals surface area (Å²) in [5.74, 6) is 1.01.